The second-order valence-electron chi connectivity index (χ2n) is 7.05. The molecule has 4 rings (SSSR count). The fraction of sp³-hybridized carbons (Fsp3) is 0.579. The molecule has 1 aliphatic carbocycles. The summed E-state index contributed by atoms with van der Waals surface area (Å²) in [5.41, 5.74) is 1.07. The molecule has 3 aliphatic rings. The summed E-state index contributed by atoms with van der Waals surface area (Å²) in [6.45, 7) is 2.87. The van der Waals surface area contributed by atoms with Crippen LogP contribution in [-0.2, 0) is 16.1 Å². The minimum absolute atomic E-state index is 0.0586. The molecular weight excluding hydrogens is 260 g/mol. The lowest BCUT2D eigenvalue weighted by atomic mass is 9.74. The molecule has 0 aromatic heterocycles. The van der Waals surface area contributed by atoms with Crippen molar-refractivity contribution in [3.05, 3.63) is 48.0 Å². The Morgan fingerprint density at radius 2 is 2.10 bits per heavy atom. The second-order valence-corrected chi connectivity index (χ2v) is 7.05. The van der Waals surface area contributed by atoms with Gasteiger partial charge in [0.05, 0.1) is 18.3 Å². The smallest absolute Gasteiger partial charge is 0.110 e. The lowest BCUT2D eigenvalue weighted by Gasteiger charge is -2.43. The van der Waals surface area contributed by atoms with Gasteiger partial charge in [-0.2, -0.15) is 0 Å². The van der Waals surface area contributed by atoms with E-state index in [1.54, 1.807) is 0 Å². The maximum atomic E-state index is 6.57. The molecule has 2 aliphatic heterocycles. The Labute approximate surface area is 127 Å². The Hall–Kier alpha value is -1.12. The third kappa shape index (κ3) is 2.25. The third-order valence-electron chi connectivity index (χ3n) is 5.59. The molecule has 112 valence electrons. The van der Waals surface area contributed by atoms with Gasteiger partial charge < -0.3 is 9.47 Å². The number of hydrogen-bond donors (Lipinski definition) is 0. The molecule has 0 N–H and O–H groups in total. The number of hydrogen-bond acceptors (Lipinski definition) is 2. The van der Waals surface area contributed by atoms with Crippen LogP contribution in [0.4, 0.5) is 0 Å². The van der Waals surface area contributed by atoms with Crippen LogP contribution in [0.25, 0.3) is 0 Å². The molecule has 1 aromatic carbocycles. The summed E-state index contributed by atoms with van der Waals surface area (Å²) < 4.78 is 12.8. The van der Waals surface area contributed by atoms with Gasteiger partial charge in [-0.05, 0) is 25.3 Å². The van der Waals surface area contributed by atoms with Crippen LogP contribution in [-0.4, -0.2) is 17.3 Å². The van der Waals surface area contributed by atoms with Gasteiger partial charge in [-0.3, -0.25) is 0 Å². The van der Waals surface area contributed by atoms with E-state index in [2.05, 4.69) is 43.3 Å². The SMILES string of the molecule is C[C@]12C=CC3CCCC[C@@]3(C[C@H]1OCc1ccccc1)O2. The van der Waals surface area contributed by atoms with Gasteiger partial charge in [0.15, 0.2) is 0 Å². The van der Waals surface area contributed by atoms with Crippen molar-refractivity contribution in [2.45, 2.75) is 62.9 Å². The van der Waals surface area contributed by atoms with Gasteiger partial charge in [-0.1, -0.05) is 55.3 Å². The van der Waals surface area contributed by atoms with Gasteiger partial charge in [0, 0.05) is 12.3 Å². The van der Waals surface area contributed by atoms with Crippen LogP contribution >= 0.6 is 0 Å². The molecule has 2 fully saturated rings. The summed E-state index contributed by atoms with van der Waals surface area (Å²) in [7, 11) is 0. The first-order valence-electron chi connectivity index (χ1n) is 8.25. The van der Waals surface area contributed by atoms with E-state index in [9.17, 15) is 0 Å². The van der Waals surface area contributed by atoms with Crippen molar-refractivity contribution in [3.63, 3.8) is 0 Å². The molecule has 1 spiro atoms. The van der Waals surface area contributed by atoms with E-state index in [0.717, 1.165) is 6.42 Å². The van der Waals surface area contributed by atoms with Gasteiger partial charge in [0.2, 0.25) is 0 Å². The molecule has 4 atom stereocenters. The van der Waals surface area contributed by atoms with Gasteiger partial charge in [0.1, 0.15) is 5.60 Å². The lowest BCUT2D eigenvalue weighted by Crippen LogP contribution is -2.45. The minimum atomic E-state index is -0.234. The Morgan fingerprint density at radius 1 is 1.24 bits per heavy atom. The van der Waals surface area contributed by atoms with Crippen LogP contribution in [0, 0.1) is 5.92 Å². The number of fused-ring (bicyclic) bond motifs is 1. The lowest BCUT2D eigenvalue weighted by molar-refractivity contribution is -0.136. The molecule has 1 saturated heterocycles. The number of ether oxygens (including phenoxy) is 2. The van der Waals surface area contributed by atoms with E-state index < -0.39 is 0 Å². The number of rotatable bonds is 3. The van der Waals surface area contributed by atoms with Crippen molar-refractivity contribution in [1.29, 1.82) is 0 Å². The zero-order valence-electron chi connectivity index (χ0n) is 12.8. The molecule has 0 radical (unpaired) electrons. The van der Waals surface area contributed by atoms with Crippen LogP contribution in [0.3, 0.4) is 0 Å². The second kappa shape index (κ2) is 4.96. The van der Waals surface area contributed by atoms with Crippen LogP contribution in [0.5, 0.6) is 0 Å². The summed E-state index contributed by atoms with van der Waals surface area (Å²) in [5.74, 6) is 0.602. The quantitative estimate of drug-likeness (QED) is 0.773. The molecule has 2 heterocycles. The van der Waals surface area contributed by atoms with Crippen LogP contribution in [0.2, 0.25) is 0 Å². The first-order valence-corrected chi connectivity index (χ1v) is 8.25. The van der Waals surface area contributed by atoms with Gasteiger partial charge in [0.25, 0.3) is 0 Å². The van der Waals surface area contributed by atoms with Crippen molar-refractivity contribution in [1.82, 2.24) is 0 Å². The van der Waals surface area contributed by atoms with Crippen molar-refractivity contribution in [2.75, 3.05) is 0 Å². The van der Waals surface area contributed by atoms with Gasteiger partial charge in [-0.25, -0.2) is 0 Å². The molecule has 2 nitrogen and oxygen atoms in total. The van der Waals surface area contributed by atoms with Crippen molar-refractivity contribution in [2.24, 2.45) is 5.92 Å². The van der Waals surface area contributed by atoms with Crippen molar-refractivity contribution >= 4 is 0 Å². The average Bonchev–Trinajstić information content (AvgIpc) is 2.72. The Kier molecular flexibility index (Phi) is 3.20. The molecule has 1 aromatic rings. The molecule has 1 unspecified atom stereocenters. The fourth-order valence-corrected chi connectivity index (χ4v) is 4.39. The van der Waals surface area contributed by atoms with E-state index >= 15 is 0 Å². The minimum Gasteiger partial charge on any atom is -0.370 e. The highest BCUT2D eigenvalue weighted by molar-refractivity contribution is 5.23. The maximum absolute atomic E-state index is 6.57. The molecular formula is C19H24O2. The number of benzene rings is 1. The topological polar surface area (TPSA) is 18.5 Å². The summed E-state index contributed by atoms with van der Waals surface area (Å²) in [4.78, 5) is 0. The summed E-state index contributed by atoms with van der Waals surface area (Å²) >= 11 is 0. The predicted octanol–water partition coefficient (Wildman–Crippen LogP) is 4.25. The van der Waals surface area contributed by atoms with E-state index in [1.807, 2.05) is 6.07 Å². The highest BCUT2D eigenvalue weighted by Crippen LogP contribution is 2.54. The van der Waals surface area contributed by atoms with Gasteiger partial charge >= 0.3 is 0 Å². The molecule has 2 bridgehead atoms. The highest BCUT2D eigenvalue weighted by atomic mass is 16.6. The van der Waals surface area contributed by atoms with Crippen LogP contribution in [0.1, 0.15) is 44.6 Å². The van der Waals surface area contributed by atoms with E-state index in [1.165, 1.54) is 31.2 Å². The Balaban J connectivity index is 1.51. The molecule has 1 saturated carbocycles. The molecule has 0 amide bonds. The largest absolute Gasteiger partial charge is 0.370 e. The first-order chi connectivity index (χ1) is 10.2. The van der Waals surface area contributed by atoms with Crippen molar-refractivity contribution < 1.29 is 9.47 Å². The van der Waals surface area contributed by atoms with E-state index in [-0.39, 0.29) is 17.3 Å². The van der Waals surface area contributed by atoms with E-state index in [0.29, 0.717) is 12.5 Å². The standard InChI is InChI=1S/C19H24O2/c1-18-12-10-16-9-5-6-11-19(16,21-18)13-17(18)20-14-15-7-3-2-4-8-15/h2-4,7-8,10,12,16-17H,5-6,9,11,13-14H2,1H3/t16?,17-,18+,19+/m1/s1. The highest BCUT2D eigenvalue weighted by Gasteiger charge is 2.58. The van der Waals surface area contributed by atoms with Crippen LogP contribution in [0.15, 0.2) is 42.5 Å². The normalized spacial score (nSPS) is 41.0. The Morgan fingerprint density at radius 3 is 2.95 bits per heavy atom. The fourth-order valence-electron chi connectivity index (χ4n) is 4.39. The zero-order chi connectivity index (χ0) is 14.3. The summed E-state index contributed by atoms with van der Waals surface area (Å²) in [6, 6.07) is 10.4. The summed E-state index contributed by atoms with van der Waals surface area (Å²) in [6.07, 6.45) is 11.0. The average molecular weight is 284 g/mol. The summed E-state index contributed by atoms with van der Waals surface area (Å²) in [5, 5.41) is 0. The van der Waals surface area contributed by atoms with Gasteiger partial charge in [-0.15, -0.1) is 0 Å². The Bertz CT molecular complexity index is 538. The van der Waals surface area contributed by atoms with Crippen LogP contribution < -0.4 is 0 Å². The maximum Gasteiger partial charge on any atom is 0.110 e. The molecule has 2 heteroatoms. The zero-order valence-corrected chi connectivity index (χ0v) is 12.8. The monoisotopic (exact) mass is 284 g/mol. The predicted molar refractivity (Wildman–Crippen MR) is 83.0 cm³/mol. The molecule has 21 heavy (non-hydrogen) atoms. The first kappa shape index (κ1) is 13.5. The van der Waals surface area contributed by atoms with Crippen molar-refractivity contribution in [3.8, 4) is 0 Å². The third-order valence-corrected chi connectivity index (χ3v) is 5.59. The van der Waals surface area contributed by atoms with E-state index in [4.69, 9.17) is 9.47 Å².